The van der Waals surface area contributed by atoms with Gasteiger partial charge in [-0.05, 0) is 120 Å². The fourth-order valence-corrected chi connectivity index (χ4v) is 8.78. The number of rotatable bonds is 6. The highest BCUT2D eigenvalue weighted by atomic mass is 15.1. The van der Waals surface area contributed by atoms with Crippen LogP contribution in [-0.4, -0.2) is 0 Å². The zero-order chi connectivity index (χ0) is 44.0. The molecule has 11 rings (SSSR count). The highest BCUT2D eigenvalue weighted by Crippen LogP contribution is 2.63. The molecule has 0 radical (unpaired) electrons. The van der Waals surface area contributed by atoms with Gasteiger partial charge in [0, 0.05) is 17.1 Å². The van der Waals surface area contributed by atoms with Gasteiger partial charge in [-0.3, -0.25) is 0 Å². The van der Waals surface area contributed by atoms with E-state index >= 15 is 0 Å². The van der Waals surface area contributed by atoms with Crippen molar-refractivity contribution in [3.05, 3.63) is 247 Å². The molecule has 0 N–H and O–H groups in total. The van der Waals surface area contributed by atoms with Crippen LogP contribution in [-0.2, 0) is 5.41 Å². The van der Waals surface area contributed by atoms with Gasteiger partial charge in [0.25, 0.3) is 0 Å². The summed E-state index contributed by atoms with van der Waals surface area (Å²) in [7, 11) is 0. The standard InChI is InChI=1S/C55H37N/c1-3-13-38(14-4-1)40-23-30-44(31-24-40)56(45-32-25-41(26-33-45)39-15-5-2-6-16-39)46-34-27-42(28-35-46)43-29-36-50-49-19-9-12-22-53(49)55(54(50)37-43)51-20-10-7-17-47(51)48-18-8-11-21-52(48)55/h1-37H/i23D,24D,25D,26D,30D,31D,32D,33D. The van der Waals surface area contributed by atoms with Crippen LogP contribution in [0.2, 0.25) is 0 Å². The van der Waals surface area contributed by atoms with Crippen molar-refractivity contribution in [1.82, 2.24) is 0 Å². The fraction of sp³-hybridized carbons (Fsp3) is 0.0182. The molecule has 9 aromatic rings. The topological polar surface area (TPSA) is 3.24 Å². The lowest BCUT2D eigenvalue weighted by Gasteiger charge is -2.30. The molecule has 0 aromatic heterocycles. The Hall–Kier alpha value is -7.22. The molecule has 0 fully saturated rings. The van der Waals surface area contributed by atoms with Crippen molar-refractivity contribution in [1.29, 1.82) is 0 Å². The highest BCUT2D eigenvalue weighted by molar-refractivity contribution is 5.96. The summed E-state index contributed by atoms with van der Waals surface area (Å²) in [6.45, 7) is 0. The lowest BCUT2D eigenvalue weighted by molar-refractivity contribution is 0.794. The Kier molecular flexibility index (Phi) is 5.78. The van der Waals surface area contributed by atoms with Crippen molar-refractivity contribution < 1.29 is 11.0 Å². The summed E-state index contributed by atoms with van der Waals surface area (Å²) in [6, 6.07) is 54.9. The number of hydrogen-bond donors (Lipinski definition) is 0. The maximum Gasteiger partial charge on any atom is 0.0725 e. The summed E-state index contributed by atoms with van der Waals surface area (Å²) in [5.74, 6) is 0. The predicted octanol–water partition coefficient (Wildman–Crippen LogP) is 14.5. The van der Waals surface area contributed by atoms with Crippen LogP contribution in [0, 0.1) is 0 Å². The van der Waals surface area contributed by atoms with Crippen LogP contribution in [0.5, 0.6) is 0 Å². The zero-order valence-corrected chi connectivity index (χ0v) is 30.2. The first-order valence-corrected chi connectivity index (χ1v) is 18.8. The number of fused-ring (bicyclic) bond motifs is 10. The Labute approximate surface area is 339 Å². The summed E-state index contributed by atoms with van der Waals surface area (Å²) in [5.41, 5.74) is 12.2. The van der Waals surface area contributed by atoms with Gasteiger partial charge in [-0.25, -0.2) is 0 Å². The van der Waals surface area contributed by atoms with Crippen LogP contribution in [0.25, 0.3) is 55.6 Å². The molecule has 2 aliphatic rings. The first-order chi connectivity index (χ1) is 31.1. The van der Waals surface area contributed by atoms with E-state index in [0.717, 1.165) is 11.1 Å². The molecule has 262 valence electrons. The van der Waals surface area contributed by atoms with Gasteiger partial charge in [-0.2, -0.15) is 0 Å². The summed E-state index contributed by atoms with van der Waals surface area (Å²) >= 11 is 0. The zero-order valence-electron chi connectivity index (χ0n) is 38.2. The van der Waals surface area contributed by atoms with Gasteiger partial charge in [-0.1, -0.05) is 182 Å². The number of nitrogens with zero attached hydrogens (tertiary/aromatic N) is 1. The molecule has 1 heteroatoms. The minimum Gasteiger partial charge on any atom is -0.311 e. The van der Waals surface area contributed by atoms with E-state index in [9.17, 15) is 11.0 Å². The maximum atomic E-state index is 9.41. The molecular formula is C55H37N. The van der Waals surface area contributed by atoms with E-state index in [2.05, 4.69) is 91.0 Å². The Balaban J connectivity index is 1.10. The molecule has 0 saturated heterocycles. The summed E-state index contributed by atoms with van der Waals surface area (Å²) in [5, 5.41) is 0. The average Bonchev–Trinajstić information content (AvgIpc) is 3.80. The first-order valence-electron chi connectivity index (χ1n) is 22.8. The van der Waals surface area contributed by atoms with Crippen molar-refractivity contribution in [2.24, 2.45) is 0 Å². The number of hydrogen-bond acceptors (Lipinski definition) is 1. The van der Waals surface area contributed by atoms with Crippen LogP contribution in [0.1, 0.15) is 33.2 Å². The minimum absolute atomic E-state index is 0.123. The van der Waals surface area contributed by atoms with Crippen LogP contribution < -0.4 is 4.90 Å². The van der Waals surface area contributed by atoms with Gasteiger partial charge in [0.05, 0.1) is 16.4 Å². The smallest absolute Gasteiger partial charge is 0.0725 e. The van der Waals surface area contributed by atoms with Crippen molar-refractivity contribution >= 4 is 17.1 Å². The molecule has 0 aliphatic heterocycles. The monoisotopic (exact) mass is 719 g/mol. The van der Waals surface area contributed by atoms with Gasteiger partial charge in [0.15, 0.2) is 0 Å². The van der Waals surface area contributed by atoms with E-state index in [-0.39, 0.29) is 70.8 Å². The normalized spacial score (nSPS) is 14.8. The predicted molar refractivity (Wildman–Crippen MR) is 234 cm³/mol. The van der Waals surface area contributed by atoms with E-state index < -0.39 is 5.41 Å². The van der Waals surface area contributed by atoms with Crippen LogP contribution in [0.3, 0.4) is 0 Å². The quantitative estimate of drug-likeness (QED) is 0.165. The van der Waals surface area contributed by atoms with E-state index in [4.69, 9.17) is 0 Å². The summed E-state index contributed by atoms with van der Waals surface area (Å²) < 4.78 is 74.4. The molecule has 0 amide bonds. The molecule has 0 unspecified atom stereocenters. The Morgan fingerprint density at radius 1 is 0.286 bits per heavy atom. The van der Waals surface area contributed by atoms with Crippen LogP contribution in [0.4, 0.5) is 17.1 Å². The van der Waals surface area contributed by atoms with Crippen molar-refractivity contribution in [3.8, 4) is 55.6 Å². The molecular weight excluding hydrogens is 675 g/mol. The van der Waals surface area contributed by atoms with E-state index in [1.54, 1.807) is 60.7 Å². The second-order valence-corrected chi connectivity index (χ2v) is 14.2. The average molecular weight is 720 g/mol. The molecule has 2 aliphatic carbocycles. The van der Waals surface area contributed by atoms with E-state index in [0.29, 0.717) is 16.8 Å². The third-order valence-electron chi connectivity index (χ3n) is 11.3. The van der Waals surface area contributed by atoms with Crippen molar-refractivity contribution in [3.63, 3.8) is 0 Å². The number of anilines is 3. The van der Waals surface area contributed by atoms with Crippen molar-refractivity contribution in [2.45, 2.75) is 5.41 Å². The van der Waals surface area contributed by atoms with Gasteiger partial charge < -0.3 is 4.90 Å². The lowest BCUT2D eigenvalue weighted by atomic mass is 9.70. The fourth-order valence-electron chi connectivity index (χ4n) is 8.78. The molecule has 0 saturated carbocycles. The van der Waals surface area contributed by atoms with Gasteiger partial charge >= 0.3 is 0 Å². The molecule has 1 nitrogen and oxygen atoms in total. The van der Waals surface area contributed by atoms with Gasteiger partial charge in [0.2, 0.25) is 0 Å². The maximum absolute atomic E-state index is 9.41. The second-order valence-electron chi connectivity index (χ2n) is 14.2. The van der Waals surface area contributed by atoms with Crippen LogP contribution >= 0.6 is 0 Å². The van der Waals surface area contributed by atoms with Crippen LogP contribution in [0.15, 0.2) is 224 Å². The van der Waals surface area contributed by atoms with E-state index in [1.807, 2.05) is 24.3 Å². The highest BCUT2D eigenvalue weighted by Gasteiger charge is 2.51. The Morgan fingerprint density at radius 3 is 1.12 bits per heavy atom. The third-order valence-corrected chi connectivity index (χ3v) is 11.3. The Bertz CT molecular complexity index is 3140. The molecule has 0 bridgehead atoms. The lowest BCUT2D eigenvalue weighted by Crippen LogP contribution is -2.25. The summed E-state index contributed by atoms with van der Waals surface area (Å²) in [6.07, 6.45) is 0. The summed E-state index contributed by atoms with van der Waals surface area (Å²) in [4.78, 5) is 1.36. The second kappa shape index (κ2) is 13.0. The first kappa shape index (κ1) is 25.0. The van der Waals surface area contributed by atoms with Gasteiger partial charge in [0.1, 0.15) is 0 Å². The molecule has 0 heterocycles. The molecule has 0 atom stereocenters. The van der Waals surface area contributed by atoms with Crippen molar-refractivity contribution in [2.75, 3.05) is 4.90 Å². The SMILES string of the molecule is [2H]c1c([2H])c(N(c2ccc(-c3ccc4c(c3)C3(c5ccccc5-c5ccccc53)c3ccccc3-4)cc2)c2c([2H])c([2H])c(-c3ccccc3)c([2H])c2[2H])c([2H])c([2H])c1-c1ccccc1. The Morgan fingerprint density at radius 2 is 0.661 bits per heavy atom. The minimum atomic E-state index is -0.530. The molecule has 9 aromatic carbocycles. The van der Waals surface area contributed by atoms with Gasteiger partial charge in [-0.15, -0.1) is 0 Å². The number of benzene rings is 9. The third kappa shape index (κ3) is 4.95. The molecule has 1 spiro atoms. The molecule has 56 heavy (non-hydrogen) atoms. The van der Waals surface area contributed by atoms with E-state index in [1.165, 1.54) is 49.4 Å². The largest absolute Gasteiger partial charge is 0.311 e.